The third-order valence-electron chi connectivity index (χ3n) is 6.58. The van der Waals surface area contributed by atoms with Crippen molar-refractivity contribution in [2.45, 2.75) is 51.1 Å². The predicted molar refractivity (Wildman–Crippen MR) is 137 cm³/mol. The number of piperidine rings is 1. The van der Waals surface area contributed by atoms with Crippen LogP contribution in [0.5, 0.6) is 0 Å². The van der Waals surface area contributed by atoms with Gasteiger partial charge in [-0.15, -0.1) is 6.58 Å². The summed E-state index contributed by atoms with van der Waals surface area (Å²) >= 11 is 12.4. The van der Waals surface area contributed by atoms with Crippen molar-refractivity contribution in [3.8, 4) is 0 Å². The SMILES string of the molecule is C=CC[C@@]1(C)C[C@H](c2cc(F)cc(Cl)c2)[C@@H](c2ccc(Cl)cc2)N([C@@H](CC)CS(C)(=O)=O)C1=O. The summed E-state index contributed by atoms with van der Waals surface area (Å²) in [7, 11) is -3.38. The Morgan fingerprint density at radius 3 is 2.35 bits per heavy atom. The van der Waals surface area contributed by atoms with Crippen LogP contribution in [0.4, 0.5) is 4.39 Å². The van der Waals surface area contributed by atoms with Crippen molar-refractivity contribution in [2.24, 2.45) is 5.41 Å². The highest BCUT2D eigenvalue weighted by atomic mass is 35.5. The molecule has 34 heavy (non-hydrogen) atoms. The highest BCUT2D eigenvalue weighted by Gasteiger charge is 2.51. The minimum Gasteiger partial charge on any atom is -0.331 e. The molecule has 1 aliphatic rings. The molecule has 1 fully saturated rings. The number of hydrogen-bond donors (Lipinski definition) is 0. The molecule has 2 aromatic rings. The van der Waals surface area contributed by atoms with E-state index in [9.17, 15) is 17.6 Å². The predicted octanol–water partition coefficient (Wildman–Crippen LogP) is 6.60. The van der Waals surface area contributed by atoms with E-state index in [0.29, 0.717) is 29.8 Å². The van der Waals surface area contributed by atoms with Crippen LogP contribution in [0, 0.1) is 11.2 Å². The fourth-order valence-corrected chi connectivity index (χ4v) is 6.54. The van der Waals surface area contributed by atoms with Gasteiger partial charge >= 0.3 is 0 Å². The number of allylic oxidation sites excluding steroid dienone is 1. The van der Waals surface area contributed by atoms with Crippen molar-refractivity contribution in [2.75, 3.05) is 12.0 Å². The number of hydrogen-bond acceptors (Lipinski definition) is 3. The van der Waals surface area contributed by atoms with Gasteiger partial charge in [-0.1, -0.05) is 55.3 Å². The van der Waals surface area contributed by atoms with Crippen LogP contribution in [0.25, 0.3) is 0 Å². The smallest absolute Gasteiger partial charge is 0.229 e. The standard InChI is InChI=1S/C26H30Cl2FNO3S/c1-5-11-26(3)15-23(18-12-20(28)14-21(29)13-18)24(17-7-9-19(27)10-8-17)30(25(26)31)22(6-2)16-34(4,32)33/h5,7-10,12-14,22-24H,1,6,11,15-16H2,2-4H3/t22-,23+,24+,26-/m0/s1. The molecule has 0 radical (unpaired) electrons. The molecule has 2 aromatic carbocycles. The van der Waals surface area contributed by atoms with E-state index in [-0.39, 0.29) is 22.6 Å². The van der Waals surface area contributed by atoms with E-state index in [4.69, 9.17) is 23.2 Å². The van der Waals surface area contributed by atoms with Gasteiger partial charge in [-0.05, 0) is 60.7 Å². The molecular weight excluding hydrogens is 496 g/mol. The molecule has 0 bridgehead atoms. The third kappa shape index (κ3) is 5.84. The second kappa shape index (κ2) is 10.4. The highest BCUT2D eigenvalue weighted by molar-refractivity contribution is 7.90. The number of rotatable bonds is 8. The number of likely N-dealkylation sites (tertiary alicyclic amines) is 1. The second-order valence-corrected chi connectivity index (χ2v) is 12.5. The molecule has 1 amide bonds. The first-order chi connectivity index (χ1) is 15.9. The van der Waals surface area contributed by atoms with Gasteiger partial charge in [0, 0.05) is 28.3 Å². The summed E-state index contributed by atoms with van der Waals surface area (Å²) in [5, 5.41) is 0.810. The zero-order valence-corrected chi connectivity index (χ0v) is 21.9. The van der Waals surface area contributed by atoms with Crippen LogP contribution in [-0.4, -0.2) is 37.3 Å². The van der Waals surface area contributed by atoms with Crippen molar-refractivity contribution < 1.29 is 17.6 Å². The maximum atomic E-state index is 14.4. The van der Waals surface area contributed by atoms with E-state index in [1.165, 1.54) is 18.4 Å². The first kappa shape index (κ1) is 26.7. The summed E-state index contributed by atoms with van der Waals surface area (Å²) in [6, 6.07) is 10.5. The van der Waals surface area contributed by atoms with Gasteiger partial charge in [0.2, 0.25) is 5.91 Å². The van der Waals surface area contributed by atoms with Crippen LogP contribution in [0.15, 0.2) is 55.1 Å². The average Bonchev–Trinajstić information content (AvgIpc) is 2.73. The number of nitrogens with zero attached hydrogens (tertiary/aromatic N) is 1. The van der Waals surface area contributed by atoms with Gasteiger partial charge in [0.25, 0.3) is 0 Å². The molecule has 1 saturated heterocycles. The zero-order chi connectivity index (χ0) is 25.3. The normalized spacial score (nSPS) is 24.2. The van der Waals surface area contributed by atoms with Gasteiger partial charge < -0.3 is 4.90 Å². The summed E-state index contributed by atoms with van der Waals surface area (Å²) in [4.78, 5) is 15.8. The Labute approximate surface area is 211 Å². The van der Waals surface area contributed by atoms with Crippen molar-refractivity contribution in [1.82, 2.24) is 4.90 Å². The van der Waals surface area contributed by atoms with Gasteiger partial charge in [0.1, 0.15) is 15.7 Å². The number of benzene rings is 2. The average molecular weight is 527 g/mol. The lowest BCUT2D eigenvalue weighted by Crippen LogP contribution is -2.56. The van der Waals surface area contributed by atoms with Crippen molar-refractivity contribution in [3.63, 3.8) is 0 Å². The Balaban J connectivity index is 2.28. The van der Waals surface area contributed by atoms with Crippen molar-refractivity contribution in [3.05, 3.63) is 82.1 Å². The van der Waals surface area contributed by atoms with Crippen LogP contribution in [0.2, 0.25) is 10.0 Å². The molecule has 0 aliphatic carbocycles. The monoisotopic (exact) mass is 525 g/mol. The number of sulfone groups is 1. The quantitative estimate of drug-likeness (QED) is 0.365. The molecule has 184 valence electrons. The van der Waals surface area contributed by atoms with Crippen LogP contribution in [-0.2, 0) is 14.6 Å². The van der Waals surface area contributed by atoms with Gasteiger partial charge in [-0.25, -0.2) is 12.8 Å². The molecule has 0 N–H and O–H groups in total. The molecule has 4 nitrogen and oxygen atoms in total. The molecule has 8 heteroatoms. The summed E-state index contributed by atoms with van der Waals surface area (Å²) in [6.07, 6.45) is 4.16. The maximum Gasteiger partial charge on any atom is 0.229 e. The van der Waals surface area contributed by atoms with Crippen LogP contribution in [0.3, 0.4) is 0 Å². The molecule has 0 saturated carbocycles. The number of halogens is 3. The molecule has 4 atom stereocenters. The molecule has 3 rings (SSSR count). The Morgan fingerprint density at radius 2 is 1.82 bits per heavy atom. The fraction of sp³-hybridized carbons (Fsp3) is 0.423. The van der Waals surface area contributed by atoms with E-state index >= 15 is 0 Å². The summed E-state index contributed by atoms with van der Waals surface area (Å²) < 4.78 is 39.1. The molecule has 1 aliphatic heterocycles. The van der Waals surface area contributed by atoms with Gasteiger partial charge in [-0.3, -0.25) is 4.79 Å². The lowest BCUT2D eigenvalue weighted by Gasteiger charge is -2.52. The third-order valence-corrected chi connectivity index (χ3v) is 8.04. The van der Waals surface area contributed by atoms with E-state index in [1.54, 1.807) is 29.2 Å². The van der Waals surface area contributed by atoms with Crippen molar-refractivity contribution >= 4 is 38.9 Å². The van der Waals surface area contributed by atoms with Gasteiger partial charge in [0.15, 0.2) is 0 Å². The number of carbonyl (C=O) groups excluding carboxylic acids is 1. The van der Waals surface area contributed by atoms with E-state index < -0.39 is 33.2 Å². The Morgan fingerprint density at radius 1 is 1.18 bits per heavy atom. The Kier molecular flexibility index (Phi) is 8.16. The first-order valence-corrected chi connectivity index (χ1v) is 14.0. The lowest BCUT2D eigenvalue weighted by atomic mass is 9.67. The maximum absolute atomic E-state index is 14.4. The molecule has 0 spiro atoms. The zero-order valence-electron chi connectivity index (χ0n) is 19.6. The van der Waals surface area contributed by atoms with Gasteiger partial charge in [0.05, 0.1) is 17.2 Å². The minimum absolute atomic E-state index is 0.137. The Bertz CT molecular complexity index is 1150. The molecule has 0 aromatic heterocycles. The van der Waals surface area contributed by atoms with E-state index in [2.05, 4.69) is 6.58 Å². The molecule has 0 unspecified atom stereocenters. The highest BCUT2D eigenvalue weighted by Crippen LogP contribution is 2.52. The fourth-order valence-electron chi connectivity index (χ4n) is 5.08. The van der Waals surface area contributed by atoms with Crippen LogP contribution < -0.4 is 0 Å². The second-order valence-electron chi connectivity index (χ2n) is 9.43. The van der Waals surface area contributed by atoms with Crippen LogP contribution >= 0.6 is 23.2 Å². The Hall–Kier alpha value is -1.89. The number of carbonyl (C=O) groups is 1. The molecule has 1 heterocycles. The largest absolute Gasteiger partial charge is 0.331 e. The van der Waals surface area contributed by atoms with E-state index in [1.807, 2.05) is 26.0 Å². The minimum atomic E-state index is -3.38. The molecular formula is C26H30Cl2FNO3S. The summed E-state index contributed by atoms with van der Waals surface area (Å²) in [5.74, 6) is -1.10. The first-order valence-electron chi connectivity index (χ1n) is 11.2. The van der Waals surface area contributed by atoms with Crippen molar-refractivity contribution in [1.29, 1.82) is 0 Å². The lowest BCUT2D eigenvalue weighted by molar-refractivity contribution is -0.153. The summed E-state index contributed by atoms with van der Waals surface area (Å²) in [5.41, 5.74) is 0.627. The number of amides is 1. The topological polar surface area (TPSA) is 54.5 Å². The van der Waals surface area contributed by atoms with Gasteiger partial charge in [-0.2, -0.15) is 0 Å². The van der Waals surface area contributed by atoms with E-state index in [0.717, 1.165) is 5.56 Å². The van der Waals surface area contributed by atoms with Crippen LogP contribution in [0.1, 0.15) is 56.2 Å². The summed E-state index contributed by atoms with van der Waals surface area (Å²) in [6.45, 7) is 7.57.